The second-order valence-corrected chi connectivity index (χ2v) is 6.40. The molecule has 0 fully saturated rings. The van der Waals surface area contributed by atoms with Crippen LogP contribution >= 0.6 is 0 Å². The van der Waals surface area contributed by atoms with Crippen molar-refractivity contribution in [2.24, 2.45) is 5.41 Å². The van der Waals surface area contributed by atoms with Crippen molar-refractivity contribution in [3.63, 3.8) is 0 Å². The van der Waals surface area contributed by atoms with E-state index in [4.69, 9.17) is 0 Å². The molecule has 2 heteroatoms. The van der Waals surface area contributed by atoms with Crippen LogP contribution in [0, 0.1) is 5.41 Å². The highest BCUT2D eigenvalue weighted by atomic mass is 15.1. The minimum atomic E-state index is 0.227. The fraction of sp³-hybridized carbons (Fsp3) is 0.444. The van der Waals surface area contributed by atoms with Gasteiger partial charge < -0.3 is 9.80 Å². The SMILES string of the molecule is CN(C)CC1(CN(C)C)C=CC(c2ccccc2)=CC1. The molecule has 1 aromatic carbocycles. The van der Waals surface area contributed by atoms with Crippen LogP contribution in [0.5, 0.6) is 0 Å². The lowest BCUT2D eigenvalue weighted by Gasteiger charge is -2.37. The Morgan fingerprint density at radius 3 is 2.00 bits per heavy atom. The zero-order valence-corrected chi connectivity index (χ0v) is 13.1. The van der Waals surface area contributed by atoms with Crippen molar-refractivity contribution in [3.05, 3.63) is 54.1 Å². The van der Waals surface area contributed by atoms with Gasteiger partial charge in [0, 0.05) is 18.5 Å². The fourth-order valence-electron chi connectivity index (χ4n) is 3.10. The summed E-state index contributed by atoms with van der Waals surface area (Å²) in [5.74, 6) is 0. The van der Waals surface area contributed by atoms with Crippen molar-refractivity contribution >= 4 is 5.57 Å². The maximum absolute atomic E-state index is 2.41. The second kappa shape index (κ2) is 6.38. The van der Waals surface area contributed by atoms with Crippen LogP contribution in [-0.2, 0) is 0 Å². The number of benzene rings is 1. The molecule has 0 saturated carbocycles. The first-order valence-corrected chi connectivity index (χ1v) is 7.25. The summed E-state index contributed by atoms with van der Waals surface area (Å²) in [6, 6.07) is 10.6. The normalized spacial score (nSPS) is 17.6. The lowest BCUT2D eigenvalue weighted by Crippen LogP contribution is -2.40. The molecule has 0 spiro atoms. The molecule has 0 aromatic heterocycles. The van der Waals surface area contributed by atoms with E-state index in [9.17, 15) is 0 Å². The van der Waals surface area contributed by atoms with E-state index < -0.39 is 0 Å². The molecule has 2 rings (SSSR count). The predicted molar refractivity (Wildman–Crippen MR) is 87.7 cm³/mol. The molecular formula is C18H26N2. The van der Waals surface area contributed by atoms with Crippen molar-refractivity contribution in [1.82, 2.24) is 9.80 Å². The third kappa shape index (κ3) is 3.81. The van der Waals surface area contributed by atoms with E-state index in [1.54, 1.807) is 0 Å². The maximum atomic E-state index is 2.41. The van der Waals surface area contributed by atoms with Gasteiger partial charge in [-0.2, -0.15) is 0 Å². The van der Waals surface area contributed by atoms with Crippen molar-refractivity contribution < 1.29 is 0 Å². The van der Waals surface area contributed by atoms with E-state index in [0.717, 1.165) is 19.5 Å². The van der Waals surface area contributed by atoms with Gasteiger partial charge in [-0.15, -0.1) is 0 Å². The van der Waals surface area contributed by atoms with Crippen LogP contribution in [0.4, 0.5) is 0 Å². The molecule has 0 radical (unpaired) electrons. The summed E-state index contributed by atoms with van der Waals surface area (Å²) in [4.78, 5) is 4.57. The summed E-state index contributed by atoms with van der Waals surface area (Å²) in [5, 5.41) is 0. The third-order valence-electron chi connectivity index (χ3n) is 3.71. The highest BCUT2D eigenvalue weighted by molar-refractivity contribution is 5.75. The van der Waals surface area contributed by atoms with Crippen LogP contribution in [-0.4, -0.2) is 51.1 Å². The molecule has 0 aliphatic heterocycles. The van der Waals surface area contributed by atoms with E-state index in [-0.39, 0.29) is 5.41 Å². The lowest BCUT2D eigenvalue weighted by atomic mass is 9.78. The summed E-state index contributed by atoms with van der Waals surface area (Å²) >= 11 is 0. The van der Waals surface area contributed by atoms with Gasteiger partial charge in [-0.05, 0) is 45.7 Å². The summed E-state index contributed by atoms with van der Waals surface area (Å²) in [5.41, 5.74) is 2.89. The molecule has 0 amide bonds. The maximum Gasteiger partial charge on any atom is 0.0174 e. The van der Waals surface area contributed by atoms with Gasteiger partial charge in [0.25, 0.3) is 0 Å². The Morgan fingerprint density at radius 2 is 1.55 bits per heavy atom. The van der Waals surface area contributed by atoms with Crippen molar-refractivity contribution in [3.8, 4) is 0 Å². The average Bonchev–Trinajstić information content (AvgIpc) is 2.39. The van der Waals surface area contributed by atoms with E-state index >= 15 is 0 Å². The highest BCUT2D eigenvalue weighted by Crippen LogP contribution is 2.34. The largest absolute Gasteiger partial charge is 0.308 e. The van der Waals surface area contributed by atoms with Gasteiger partial charge in [0.2, 0.25) is 0 Å². The van der Waals surface area contributed by atoms with Gasteiger partial charge >= 0.3 is 0 Å². The van der Waals surface area contributed by atoms with E-state index in [1.165, 1.54) is 11.1 Å². The topological polar surface area (TPSA) is 6.48 Å². The van der Waals surface area contributed by atoms with Crippen molar-refractivity contribution in [2.75, 3.05) is 41.3 Å². The Morgan fingerprint density at radius 1 is 0.950 bits per heavy atom. The Hall–Kier alpha value is -1.38. The molecule has 2 nitrogen and oxygen atoms in total. The van der Waals surface area contributed by atoms with Crippen LogP contribution in [0.2, 0.25) is 0 Å². The van der Waals surface area contributed by atoms with E-state index in [2.05, 4.69) is 86.6 Å². The van der Waals surface area contributed by atoms with Crippen LogP contribution < -0.4 is 0 Å². The minimum absolute atomic E-state index is 0.227. The standard InChI is InChI=1S/C18H26N2/c1-19(2)14-18(15-20(3)4)12-10-17(11-13-18)16-8-6-5-7-9-16/h5-12H,13-15H2,1-4H3. The lowest BCUT2D eigenvalue weighted by molar-refractivity contribution is 0.193. The number of nitrogens with zero attached hydrogens (tertiary/aromatic N) is 2. The zero-order chi connectivity index (χ0) is 14.6. The molecule has 1 aliphatic rings. The molecular weight excluding hydrogens is 244 g/mol. The minimum Gasteiger partial charge on any atom is -0.308 e. The molecule has 108 valence electrons. The molecule has 0 bridgehead atoms. The molecule has 0 atom stereocenters. The van der Waals surface area contributed by atoms with Crippen LogP contribution in [0.3, 0.4) is 0 Å². The quantitative estimate of drug-likeness (QED) is 0.811. The molecule has 0 saturated heterocycles. The summed E-state index contributed by atoms with van der Waals surface area (Å²) < 4.78 is 0. The van der Waals surface area contributed by atoms with Gasteiger partial charge in [0.15, 0.2) is 0 Å². The van der Waals surface area contributed by atoms with Crippen LogP contribution in [0.1, 0.15) is 12.0 Å². The predicted octanol–water partition coefficient (Wildman–Crippen LogP) is 3.14. The Bertz CT molecular complexity index is 473. The molecule has 20 heavy (non-hydrogen) atoms. The first kappa shape index (κ1) is 15.0. The monoisotopic (exact) mass is 270 g/mol. The van der Waals surface area contributed by atoms with E-state index in [0.29, 0.717) is 0 Å². The summed E-state index contributed by atoms with van der Waals surface area (Å²) in [6.45, 7) is 2.17. The second-order valence-electron chi connectivity index (χ2n) is 6.40. The van der Waals surface area contributed by atoms with Gasteiger partial charge in [-0.25, -0.2) is 0 Å². The Kier molecular flexibility index (Phi) is 4.79. The van der Waals surface area contributed by atoms with Gasteiger partial charge in [-0.1, -0.05) is 48.6 Å². The van der Waals surface area contributed by atoms with E-state index in [1.807, 2.05) is 0 Å². The van der Waals surface area contributed by atoms with Gasteiger partial charge in [0.05, 0.1) is 0 Å². The van der Waals surface area contributed by atoms with Crippen LogP contribution in [0.25, 0.3) is 5.57 Å². The zero-order valence-electron chi connectivity index (χ0n) is 13.1. The first-order valence-electron chi connectivity index (χ1n) is 7.25. The number of hydrogen-bond donors (Lipinski definition) is 0. The first-order chi connectivity index (χ1) is 9.51. The Labute approximate surface area is 123 Å². The summed E-state index contributed by atoms with van der Waals surface area (Å²) in [7, 11) is 8.62. The Balaban J connectivity index is 2.17. The number of hydrogen-bond acceptors (Lipinski definition) is 2. The highest BCUT2D eigenvalue weighted by Gasteiger charge is 2.29. The fourth-order valence-corrected chi connectivity index (χ4v) is 3.10. The molecule has 0 N–H and O–H groups in total. The molecule has 1 aromatic rings. The molecule has 0 heterocycles. The molecule has 1 aliphatic carbocycles. The van der Waals surface area contributed by atoms with Crippen LogP contribution in [0.15, 0.2) is 48.6 Å². The molecule has 0 unspecified atom stereocenters. The summed E-state index contributed by atoms with van der Waals surface area (Å²) in [6.07, 6.45) is 8.20. The van der Waals surface area contributed by atoms with Crippen molar-refractivity contribution in [2.45, 2.75) is 6.42 Å². The third-order valence-corrected chi connectivity index (χ3v) is 3.71. The van der Waals surface area contributed by atoms with Crippen molar-refractivity contribution in [1.29, 1.82) is 0 Å². The van der Waals surface area contributed by atoms with Gasteiger partial charge in [0.1, 0.15) is 0 Å². The number of rotatable bonds is 5. The van der Waals surface area contributed by atoms with Gasteiger partial charge in [-0.3, -0.25) is 0 Å². The number of allylic oxidation sites excluding steroid dienone is 3. The smallest absolute Gasteiger partial charge is 0.0174 e. The average molecular weight is 270 g/mol.